The average Bonchev–Trinajstić information content (AvgIpc) is 2.77. The van der Waals surface area contributed by atoms with E-state index in [4.69, 9.17) is 0 Å². The first-order chi connectivity index (χ1) is 9.22. The zero-order chi connectivity index (χ0) is 13.0. The summed E-state index contributed by atoms with van der Waals surface area (Å²) in [6.07, 6.45) is 2.52. The quantitative estimate of drug-likeness (QED) is 0.793. The van der Waals surface area contributed by atoms with Crippen molar-refractivity contribution in [2.45, 2.75) is 25.4 Å². The minimum Gasteiger partial charge on any atom is -0.330 e. The third kappa shape index (κ3) is 1.84. The highest BCUT2D eigenvalue weighted by Gasteiger charge is 2.42. The molecule has 4 aliphatic rings. The Bertz CT molecular complexity index is 537. The van der Waals surface area contributed by atoms with Crippen LogP contribution in [-0.2, 0) is 6.54 Å². The minimum absolute atomic E-state index is 0.232. The Labute approximate surface area is 121 Å². The third-order valence-electron chi connectivity index (χ3n) is 4.93. The lowest BCUT2D eigenvalue weighted by Crippen LogP contribution is -2.57. The van der Waals surface area contributed by atoms with Gasteiger partial charge in [0.05, 0.1) is 0 Å². The first kappa shape index (κ1) is 11.9. The summed E-state index contributed by atoms with van der Waals surface area (Å²) in [6, 6.07) is 6.52. The van der Waals surface area contributed by atoms with Crippen LogP contribution >= 0.6 is 15.9 Å². The molecule has 100 valence electrons. The second-order valence-electron chi connectivity index (χ2n) is 5.94. The number of halogens is 1. The van der Waals surface area contributed by atoms with Gasteiger partial charge < -0.3 is 9.80 Å². The van der Waals surface area contributed by atoms with E-state index in [1.54, 1.807) is 0 Å². The molecule has 1 aromatic rings. The molecule has 3 fully saturated rings. The van der Waals surface area contributed by atoms with Crippen LogP contribution in [0.15, 0.2) is 22.7 Å². The number of benzene rings is 1. The zero-order valence-electron chi connectivity index (χ0n) is 10.8. The van der Waals surface area contributed by atoms with Crippen LogP contribution in [0.5, 0.6) is 0 Å². The number of carbonyl (C=O) groups is 1. The average molecular weight is 321 g/mol. The zero-order valence-corrected chi connectivity index (χ0v) is 12.4. The highest BCUT2D eigenvalue weighted by molar-refractivity contribution is 9.10. The smallest absolute Gasteiger partial charge is 0.254 e. The molecule has 1 unspecified atom stereocenters. The van der Waals surface area contributed by atoms with E-state index in [2.05, 4.69) is 31.8 Å². The van der Waals surface area contributed by atoms with Crippen molar-refractivity contribution in [1.82, 2.24) is 9.80 Å². The standard InChI is InChI=1S/C15H17BrN2O/c16-12-2-1-11-8-18(15(19)13(11)7-12)14-9-17-5-3-10(14)4-6-17/h1-2,7,10,14H,3-6,8-9H2. The number of fused-ring (bicyclic) bond motifs is 4. The third-order valence-corrected chi connectivity index (χ3v) is 5.42. The molecule has 1 aromatic carbocycles. The molecule has 4 aliphatic heterocycles. The predicted octanol–water partition coefficient (Wildman–Crippen LogP) is 2.50. The Balaban J connectivity index is 1.63. The summed E-state index contributed by atoms with van der Waals surface area (Å²) in [7, 11) is 0. The maximum absolute atomic E-state index is 12.6. The second-order valence-corrected chi connectivity index (χ2v) is 6.86. The van der Waals surface area contributed by atoms with Gasteiger partial charge in [0, 0.05) is 29.2 Å². The van der Waals surface area contributed by atoms with Crippen molar-refractivity contribution in [2.24, 2.45) is 5.92 Å². The lowest BCUT2D eigenvalue weighted by molar-refractivity contribution is 0.00846. The number of carbonyl (C=O) groups excluding carboxylic acids is 1. The largest absolute Gasteiger partial charge is 0.330 e. The number of piperidine rings is 3. The summed E-state index contributed by atoms with van der Waals surface area (Å²) in [4.78, 5) is 17.2. The van der Waals surface area contributed by atoms with Crippen molar-refractivity contribution in [3.8, 4) is 0 Å². The van der Waals surface area contributed by atoms with Crippen LogP contribution in [0, 0.1) is 5.92 Å². The van der Waals surface area contributed by atoms with Gasteiger partial charge in [-0.25, -0.2) is 0 Å². The molecular formula is C15H17BrN2O. The van der Waals surface area contributed by atoms with Crippen LogP contribution in [0.3, 0.4) is 0 Å². The summed E-state index contributed by atoms with van der Waals surface area (Å²) >= 11 is 3.46. The Morgan fingerprint density at radius 2 is 2.00 bits per heavy atom. The number of nitrogens with zero attached hydrogens (tertiary/aromatic N) is 2. The number of hydrogen-bond donors (Lipinski definition) is 0. The molecule has 0 radical (unpaired) electrons. The molecule has 0 aliphatic carbocycles. The maximum atomic E-state index is 12.6. The molecule has 0 N–H and O–H groups in total. The Morgan fingerprint density at radius 1 is 1.21 bits per heavy atom. The van der Waals surface area contributed by atoms with E-state index in [1.165, 1.54) is 31.5 Å². The van der Waals surface area contributed by atoms with Gasteiger partial charge in [-0.3, -0.25) is 4.79 Å². The van der Waals surface area contributed by atoms with Crippen molar-refractivity contribution in [1.29, 1.82) is 0 Å². The monoisotopic (exact) mass is 320 g/mol. The first-order valence-electron chi connectivity index (χ1n) is 7.04. The van der Waals surface area contributed by atoms with Gasteiger partial charge >= 0.3 is 0 Å². The van der Waals surface area contributed by atoms with E-state index in [-0.39, 0.29) is 5.91 Å². The SMILES string of the molecule is O=C1c2cc(Br)ccc2CN1C1CN2CCC1CC2. The van der Waals surface area contributed by atoms with E-state index >= 15 is 0 Å². The molecule has 0 spiro atoms. The van der Waals surface area contributed by atoms with Gasteiger partial charge in [-0.05, 0) is 49.5 Å². The molecule has 2 bridgehead atoms. The molecule has 3 saturated heterocycles. The van der Waals surface area contributed by atoms with E-state index in [9.17, 15) is 4.79 Å². The van der Waals surface area contributed by atoms with Crippen molar-refractivity contribution in [2.75, 3.05) is 19.6 Å². The molecule has 1 atom stereocenters. The van der Waals surface area contributed by atoms with Crippen LogP contribution in [-0.4, -0.2) is 41.4 Å². The molecule has 1 amide bonds. The molecule has 19 heavy (non-hydrogen) atoms. The fourth-order valence-electron chi connectivity index (χ4n) is 3.85. The lowest BCUT2D eigenvalue weighted by atomic mass is 9.83. The summed E-state index contributed by atoms with van der Waals surface area (Å²) in [5.74, 6) is 0.946. The van der Waals surface area contributed by atoms with Crippen LogP contribution in [0.2, 0.25) is 0 Å². The van der Waals surface area contributed by atoms with Gasteiger partial charge in [0.2, 0.25) is 0 Å². The Kier molecular flexibility index (Phi) is 2.71. The van der Waals surface area contributed by atoms with Gasteiger partial charge in [-0.1, -0.05) is 22.0 Å². The van der Waals surface area contributed by atoms with Gasteiger partial charge in [0.1, 0.15) is 0 Å². The Morgan fingerprint density at radius 3 is 2.68 bits per heavy atom. The van der Waals surface area contributed by atoms with E-state index in [1.807, 2.05) is 12.1 Å². The van der Waals surface area contributed by atoms with E-state index < -0.39 is 0 Å². The van der Waals surface area contributed by atoms with Gasteiger partial charge in [0.15, 0.2) is 0 Å². The fraction of sp³-hybridized carbons (Fsp3) is 0.533. The fourth-order valence-corrected chi connectivity index (χ4v) is 4.21. The van der Waals surface area contributed by atoms with E-state index in [0.717, 1.165) is 23.1 Å². The number of amides is 1. The van der Waals surface area contributed by atoms with Crippen molar-refractivity contribution in [3.05, 3.63) is 33.8 Å². The minimum atomic E-state index is 0.232. The predicted molar refractivity (Wildman–Crippen MR) is 77.0 cm³/mol. The number of hydrogen-bond acceptors (Lipinski definition) is 2. The molecular weight excluding hydrogens is 304 g/mol. The summed E-state index contributed by atoms with van der Waals surface area (Å²) in [6.45, 7) is 4.32. The maximum Gasteiger partial charge on any atom is 0.254 e. The van der Waals surface area contributed by atoms with Crippen LogP contribution in [0.25, 0.3) is 0 Å². The van der Waals surface area contributed by atoms with Gasteiger partial charge in [-0.2, -0.15) is 0 Å². The van der Waals surface area contributed by atoms with Gasteiger partial charge in [-0.15, -0.1) is 0 Å². The summed E-state index contributed by atoms with van der Waals surface area (Å²) in [5.41, 5.74) is 2.08. The number of rotatable bonds is 1. The molecule has 3 nitrogen and oxygen atoms in total. The highest BCUT2D eigenvalue weighted by Crippen LogP contribution is 2.35. The molecule has 4 heteroatoms. The van der Waals surface area contributed by atoms with Crippen LogP contribution in [0.4, 0.5) is 0 Å². The van der Waals surface area contributed by atoms with Crippen molar-refractivity contribution < 1.29 is 4.79 Å². The first-order valence-corrected chi connectivity index (χ1v) is 7.83. The van der Waals surface area contributed by atoms with Crippen molar-refractivity contribution in [3.63, 3.8) is 0 Å². The molecule has 5 rings (SSSR count). The van der Waals surface area contributed by atoms with Crippen LogP contribution < -0.4 is 0 Å². The molecule has 0 aromatic heterocycles. The highest BCUT2D eigenvalue weighted by atomic mass is 79.9. The topological polar surface area (TPSA) is 23.6 Å². The van der Waals surface area contributed by atoms with Gasteiger partial charge in [0.25, 0.3) is 5.91 Å². The summed E-state index contributed by atoms with van der Waals surface area (Å²) in [5, 5.41) is 0. The second kappa shape index (κ2) is 4.32. The lowest BCUT2D eigenvalue weighted by Gasteiger charge is -2.48. The normalized spacial score (nSPS) is 32.8. The molecule has 4 heterocycles. The molecule has 0 saturated carbocycles. The van der Waals surface area contributed by atoms with Crippen LogP contribution in [0.1, 0.15) is 28.8 Å². The summed E-state index contributed by atoms with van der Waals surface area (Å²) < 4.78 is 0.996. The van der Waals surface area contributed by atoms with E-state index in [0.29, 0.717) is 12.0 Å². The Hall–Kier alpha value is -0.870. The van der Waals surface area contributed by atoms with Crippen molar-refractivity contribution >= 4 is 21.8 Å².